The summed E-state index contributed by atoms with van der Waals surface area (Å²) in [6, 6.07) is 9.08. The third kappa shape index (κ3) is 4.68. The average molecular weight is 475 g/mol. The van der Waals surface area contributed by atoms with E-state index in [-0.39, 0.29) is 32.7 Å². The smallest absolute Gasteiger partial charge is 0.345 e. The molecule has 168 valence electrons. The van der Waals surface area contributed by atoms with Gasteiger partial charge in [0.25, 0.3) is 15.9 Å². The van der Waals surface area contributed by atoms with E-state index in [0.29, 0.717) is 0 Å². The number of ether oxygens (including phenoxy) is 1. The minimum absolute atomic E-state index is 0.0760. The molecule has 1 aromatic heterocycles. The lowest BCUT2D eigenvalue weighted by Crippen LogP contribution is -2.42. The molecule has 1 aliphatic rings. The summed E-state index contributed by atoms with van der Waals surface area (Å²) in [5, 5.41) is 9.44. The van der Waals surface area contributed by atoms with Crippen molar-refractivity contribution in [3.8, 4) is 0 Å². The number of nitrogens with zero attached hydrogens (tertiary/aromatic N) is 2. The minimum Gasteiger partial charge on any atom is -0.420 e. The number of nitrogens with one attached hydrogen (secondary N) is 2. The number of fused-ring (bicyclic) bond motifs is 1. The molecule has 0 radical (unpaired) electrons. The summed E-state index contributed by atoms with van der Waals surface area (Å²) in [5.74, 6) is -1.67. The molecule has 0 fully saturated rings. The van der Waals surface area contributed by atoms with Crippen molar-refractivity contribution in [2.24, 2.45) is 0 Å². The van der Waals surface area contributed by atoms with Crippen LogP contribution in [-0.4, -0.2) is 53.5 Å². The molecule has 1 aromatic carbocycles. The number of hydrogen-bond acceptors (Lipinski definition) is 8. The van der Waals surface area contributed by atoms with Crippen molar-refractivity contribution >= 4 is 45.6 Å². The fourth-order valence-electron chi connectivity index (χ4n) is 3.05. The van der Waals surface area contributed by atoms with Crippen LogP contribution in [-0.2, 0) is 19.6 Å². The van der Waals surface area contributed by atoms with Crippen LogP contribution in [0.25, 0.3) is 5.76 Å². The van der Waals surface area contributed by atoms with E-state index < -0.39 is 27.3 Å². The maximum absolute atomic E-state index is 13.2. The van der Waals surface area contributed by atoms with Gasteiger partial charge in [-0.15, -0.1) is 11.8 Å². The molecule has 2 atom stereocenters. The zero-order chi connectivity index (χ0) is 23.5. The number of benzene rings is 1. The molecular weight excluding hydrogens is 452 g/mol. The van der Waals surface area contributed by atoms with E-state index in [2.05, 4.69) is 10.3 Å². The SMILES string of the molecule is CC(C=N)SC(C)NC(=O)C1=C(OC(=O)c2cccnc2)c2ccccc2S(=O)(=O)N1C. The van der Waals surface area contributed by atoms with Crippen molar-refractivity contribution in [3.63, 3.8) is 0 Å². The first-order valence-electron chi connectivity index (χ1n) is 9.58. The Bertz CT molecular complexity index is 1180. The van der Waals surface area contributed by atoms with Crippen LogP contribution in [0.4, 0.5) is 0 Å². The van der Waals surface area contributed by atoms with Crippen LogP contribution in [0.5, 0.6) is 0 Å². The van der Waals surface area contributed by atoms with E-state index >= 15 is 0 Å². The topological polar surface area (TPSA) is 130 Å². The van der Waals surface area contributed by atoms with Gasteiger partial charge in [0.15, 0.2) is 11.5 Å². The molecule has 0 aliphatic carbocycles. The minimum atomic E-state index is -4.04. The van der Waals surface area contributed by atoms with Crippen molar-refractivity contribution < 1.29 is 22.7 Å². The highest BCUT2D eigenvalue weighted by molar-refractivity contribution is 8.01. The fourth-order valence-corrected chi connectivity index (χ4v) is 5.34. The number of carbonyl (C=O) groups excluding carboxylic acids is 2. The van der Waals surface area contributed by atoms with E-state index in [0.717, 1.165) is 4.31 Å². The Morgan fingerprint density at radius 1 is 1.22 bits per heavy atom. The van der Waals surface area contributed by atoms with Gasteiger partial charge in [0.1, 0.15) is 0 Å². The maximum atomic E-state index is 13.2. The van der Waals surface area contributed by atoms with E-state index in [1.165, 1.54) is 55.6 Å². The van der Waals surface area contributed by atoms with Crippen LogP contribution in [0.1, 0.15) is 29.8 Å². The number of sulfonamides is 1. The van der Waals surface area contributed by atoms with Crippen LogP contribution in [0.2, 0.25) is 0 Å². The first kappa shape index (κ1) is 23.5. The third-order valence-electron chi connectivity index (χ3n) is 4.60. The fraction of sp³-hybridized carbons (Fsp3) is 0.238. The molecule has 2 heterocycles. The predicted octanol–water partition coefficient (Wildman–Crippen LogP) is 2.47. The number of likely N-dealkylation sites (N-methyl/N-ethyl adjacent to an activating group) is 1. The highest BCUT2D eigenvalue weighted by Gasteiger charge is 2.40. The Kier molecular flexibility index (Phi) is 6.99. The highest BCUT2D eigenvalue weighted by atomic mass is 32.2. The van der Waals surface area contributed by atoms with Crippen molar-refractivity contribution in [2.45, 2.75) is 29.4 Å². The Hall–Kier alpha value is -3.18. The summed E-state index contributed by atoms with van der Waals surface area (Å²) in [6.45, 7) is 3.52. The summed E-state index contributed by atoms with van der Waals surface area (Å²) in [6.07, 6.45) is 4.05. The van der Waals surface area contributed by atoms with Crippen LogP contribution < -0.4 is 5.32 Å². The molecule has 0 spiro atoms. The van der Waals surface area contributed by atoms with Crippen molar-refractivity contribution in [1.29, 1.82) is 5.41 Å². The average Bonchev–Trinajstić information content (AvgIpc) is 2.78. The number of aromatic nitrogens is 1. The van der Waals surface area contributed by atoms with Gasteiger partial charge in [0, 0.05) is 36.5 Å². The Labute approximate surface area is 190 Å². The molecule has 11 heteroatoms. The largest absolute Gasteiger partial charge is 0.420 e. The van der Waals surface area contributed by atoms with Crippen LogP contribution in [0.15, 0.2) is 59.4 Å². The van der Waals surface area contributed by atoms with Gasteiger partial charge in [-0.2, -0.15) is 0 Å². The number of pyridine rings is 1. The van der Waals surface area contributed by atoms with Gasteiger partial charge in [-0.05, 0) is 38.1 Å². The first-order valence-corrected chi connectivity index (χ1v) is 12.0. The molecule has 3 rings (SSSR count). The van der Waals surface area contributed by atoms with Gasteiger partial charge < -0.3 is 15.5 Å². The van der Waals surface area contributed by atoms with Gasteiger partial charge in [-0.1, -0.05) is 12.1 Å². The number of carbonyl (C=O) groups is 2. The Morgan fingerprint density at radius 3 is 2.59 bits per heavy atom. The molecule has 2 N–H and O–H groups in total. The van der Waals surface area contributed by atoms with Gasteiger partial charge in [-0.25, -0.2) is 13.2 Å². The van der Waals surface area contributed by atoms with Gasteiger partial charge >= 0.3 is 5.97 Å². The molecule has 1 aliphatic heterocycles. The maximum Gasteiger partial charge on any atom is 0.345 e. The summed E-state index contributed by atoms with van der Waals surface area (Å²) in [4.78, 5) is 29.7. The molecule has 32 heavy (non-hydrogen) atoms. The second-order valence-corrected chi connectivity index (χ2v) is 10.6. The molecule has 2 aromatic rings. The third-order valence-corrected chi connectivity index (χ3v) is 7.50. The van der Waals surface area contributed by atoms with E-state index in [1.54, 1.807) is 32.0 Å². The molecule has 1 amide bonds. The molecule has 0 saturated carbocycles. The standard InChI is InChI=1S/C21H22N4O5S2/c1-13(11-22)31-14(2)24-20(26)18-19(30-21(27)15-7-6-10-23-12-15)16-8-4-5-9-17(16)32(28,29)25(18)3/h4-14,22H,1-3H3,(H,24,26). The van der Waals surface area contributed by atoms with Crippen LogP contribution >= 0.6 is 11.8 Å². The number of esters is 1. The Balaban J connectivity index is 2.08. The lowest BCUT2D eigenvalue weighted by Gasteiger charge is -2.30. The van der Waals surface area contributed by atoms with Crippen LogP contribution in [0.3, 0.4) is 0 Å². The molecular formula is C21H22N4O5S2. The lowest BCUT2D eigenvalue weighted by atomic mass is 10.1. The summed E-state index contributed by atoms with van der Waals surface area (Å²) < 4.78 is 32.5. The number of rotatable bonds is 7. The van der Waals surface area contributed by atoms with Gasteiger partial charge in [0.2, 0.25) is 0 Å². The van der Waals surface area contributed by atoms with E-state index in [1.807, 2.05) is 0 Å². The van der Waals surface area contributed by atoms with Crippen LogP contribution in [0, 0.1) is 5.41 Å². The zero-order valence-electron chi connectivity index (χ0n) is 17.6. The second kappa shape index (κ2) is 9.53. The summed E-state index contributed by atoms with van der Waals surface area (Å²) in [5.41, 5.74) is -0.0471. The van der Waals surface area contributed by atoms with E-state index in [9.17, 15) is 18.0 Å². The van der Waals surface area contributed by atoms with Gasteiger partial charge in [-0.3, -0.25) is 14.1 Å². The number of thioether (sulfide) groups is 1. The quantitative estimate of drug-likeness (QED) is 0.358. The van der Waals surface area contributed by atoms with Crippen molar-refractivity contribution in [1.82, 2.24) is 14.6 Å². The Morgan fingerprint density at radius 2 is 1.94 bits per heavy atom. The normalized spacial score (nSPS) is 16.5. The second-order valence-electron chi connectivity index (χ2n) is 6.90. The monoisotopic (exact) mass is 474 g/mol. The predicted molar refractivity (Wildman–Crippen MR) is 121 cm³/mol. The molecule has 0 saturated heterocycles. The zero-order valence-corrected chi connectivity index (χ0v) is 19.2. The first-order chi connectivity index (χ1) is 15.2. The van der Waals surface area contributed by atoms with E-state index in [4.69, 9.17) is 10.1 Å². The van der Waals surface area contributed by atoms with Crippen molar-refractivity contribution in [2.75, 3.05) is 7.05 Å². The molecule has 0 bridgehead atoms. The molecule has 9 nitrogen and oxygen atoms in total. The number of amides is 1. The number of hydrogen-bond donors (Lipinski definition) is 2. The van der Waals surface area contributed by atoms with Crippen molar-refractivity contribution in [3.05, 3.63) is 65.6 Å². The summed E-state index contributed by atoms with van der Waals surface area (Å²) in [7, 11) is -2.81. The summed E-state index contributed by atoms with van der Waals surface area (Å²) >= 11 is 1.31. The van der Waals surface area contributed by atoms with Gasteiger partial charge in [0.05, 0.1) is 15.8 Å². The highest BCUT2D eigenvalue weighted by Crippen LogP contribution is 2.37. The molecule has 2 unspecified atom stereocenters. The lowest BCUT2D eigenvalue weighted by molar-refractivity contribution is -0.118.